The molecule has 7 heteroatoms. The highest BCUT2D eigenvalue weighted by atomic mass is 35.5. The van der Waals surface area contributed by atoms with Crippen molar-refractivity contribution in [3.8, 4) is 0 Å². The number of carbonyl (C=O) groups excluding carboxylic acids is 2. The minimum atomic E-state index is -0.0812. The average molecular weight is 391 g/mol. The molecule has 3 fully saturated rings. The van der Waals surface area contributed by atoms with E-state index >= 15 is 0 Å². The van der Waals surface area contributed by atoms with Gasteiger partial charge in [-0.2, -0.15) is 0 Å². The van der Waals surface area contributed by atoms with Gasteiger partial charge in [0.1, 0.15) is 6.04 Å². The summed E-state index contributed by atoms with van der Waals surface area (Å²) in [5.41, 5.74) is 5.16. The topological polar surface area (TPSA) is 64.7 Å². The van der Waals surface area contributed by atoms with Gasteiger partial charge in [0.15, 0.2) is 0 Å². The van der Waals surface area contributed by atoms with E-state index in [1.165, 1.54) is 0 Å². The molecule has 27 heavy (non-hydrogen) atoms. The number of anilines is 1. The number of benzene rings is 1. The minimum absolute atomic E-state index is 0.0340. The van der Waals surface area contributed by atoms with Crippen LogP contribution in [0.3, 0.4) is 0 Å². The largest absolute Gasteiger partial charge is 0.337 e. The highest BCUT2D eigenvalue weighted by molar-refractivity contribution is 6.30. The fraction of sp³-hybridized carbons (Fsp3) is 0.600. The lowest BCUT2D eigenvalue weighted by molar-refractivity contribution is -0.155. The summed E-state index contributed by atoms with van der Waals surface area (Å²) >= 11 is 6.01. The number of carbonyl (C=O) groups is 2. The molecule has 1 aromatic carbocycles. The lowest BCUT2D eigenvalue weighted by Crippen LogP contribution is -2.68. The van der Waals surface area contributed by atoms with E-state index in [2.05, 4.69) is 15.8 Å². The lowest BCUT2D eigenvalue weighted by Gasteiger charge is -2.51. The standard InChI is InChI=1S/C20H27ClN4O2/c1-3-24-18-11-13(19(26)23-15-6-5-14(21)10-12(15)2)4-7-16(18)25-17(20(24)27)8-9-22-25/h5-6,10,13,16-18,22H,3-4,7-9,11H2,1-2H3,(H,23,26). The third kappa shape index (κ3) is 3.35. The lowest BCUT2D eigenvalue weighted by atomic mass is 9.78. The van der Waals surface area contributed by atoms with E-state index in [1.807, 2.05) is 30.9 Å². The fourth-order valence-electron chi connectivity index (χ4n) is 4.95. The van der Waals surface area contributed by atoms with Crippen LogP contribution < -0.4 is 10.7 Å². The Morgan fingerprint density at radius 1 is 1.30 bits per heavy atom. The molecule has 2 N–H and O–H groups in total. The maximum absolute atomic E-state index is 12.9. The van der Waals surface area contributed by atoms with E-state index in [4.69, 9.17) is 11.6 Å². The summed E-state index contributed by atoms with van der Waals surface area (Å²) in [5, 5.41) is 5.90. The van der Waals surface area contributed by atoms with Crippen molar-refractivity contribution in [1.29, 1.82) is 0 Å². The number of likely N-dealkylation sites (N-methyl/N-ethyl adjacent to an activating group) is 1. The number of hydrazine groups is 1. The highest BCUT2D eigenvalue weighted by Gasteiger charge is 2.51. The third-order valence-corrected chi connectivity index (χ3v) is 6.55. The maximum atomic E-state index is 12.9. The number of hydrogen-bond donors (Lipinski definition) is 2. The second-order valence-corrected chi connectivity index (χ2v) is 8.27. The molecular weight excluding hydrogens is 364 g/mol. The molecule has 1 aliphatic carbocycles. The summed E-state index contributed by atoms with van der Waals surface area (Å²) in [4.78, 5) is 27.8. The van der Waals surface area contributed by atoms with Gasteiger partial charge in [-0.25, -0.2) is 5.01 Å². The molecule has 3 aliphatic rings. The van der Waals surface area contributed by atoms with Crippen LogP contribution in [0.1, 0.15) is 38.2 Å². The van der Waals surface area contributed by atoms with E-state index in [0.717, 1.165) is 37.1 Å². The Morgan fingerprint density at radius 2 is 2.11 bits per heavy atom. The zero-order valence-electron chi connectivity index (χ0n) is 15.9. The van der Waals surface area contributed by atoms with Crippen LogP contribution in [0.25, 0.3) is 0 Å². The number of hydrogen-bond acceptors (Lipinski definition) is 4. The molecule has 6 nitrogen and oxygen atoms in total. The number of piperazine rings is 1. The third-order valence-electron chi connectivity index (χ3n) is 6.31. The Balaban J connectivity index is 1.49. The van der Waals surface area contributed by atoms with E-state index in [9.17, 15) is 9.59 Å². The number of amides is 2. The van der Waals surface area contributed by atoms with Crippen molar-refractivity contribution in [2.75, 3.05) is 18.4 Å². The zero-order chi connectivity index (χ0) is 19.1. The first-order valence-corrected chi connectivity index (χ1v) is 10.3. The summed E-state index contributed by atoms with van der Waals surface area (Å²) in [6, 6.07) is 5.86. The van der Waals surface area contributed by atoms with Gasteiger partial charge in [-0.15, -0.1) is 0 Å². The smallest absolute Gasteiger partial charge is 0.241 e. The van der Waals surface area contributed by atoms with E-state index < -0.39 is 0 Å². The Labute approximate surface area is 165 Å². The van der Waals surface area contributed by atoms with E-state index in [0.29, 0.717) is 24.0 Å². The predicted octanol–water partition coefficient (Wildman–Crippen LogP) is 2.57. The maximum Gasteiger partial charge on any atom is 0.241 e. The molecule has 0 radical (unpaired) electrons. The van der Waals surface area contributed by atoms with Crippen LogP contribution in [-0.2, 0) is 9.59 Å². The summed E-state index contributed by atoms with van der Waals surface area (Å²) in [6.07, 6.45) is 3.36. The molecule has 4 atom stereocenters. The second kappa shape index (κ2) is 7.41. The van der Waals surface area contributed by atoms with Crippen LogP contribution in [0.15, 0.2) is 18.2 Å². The first-order chi connectivity index (χ1) is 13.0. The number of nitrogens with one attached hydrogen (secondary N) is 2. The van der Waals surface area contributed by atoms with Crippen molar-refractivity contribution < 1.29 is 9.59 Å². The number of rotatable bonds is 3. The Hall–Kier alpha value is -1.63. The van der Waals surface area contributed by atoms with Gasteiger partial charge >= 0.3 is 0 Å². The molecule has 0 bridgehead atoms. The van der Waals surface area contributed by atoms with Crippen LogP contribution in [0.4, 0.5) is 5.69 Å². The second-order valence-electron chi connectivity index (χ2n) is 7.84. The summed E-state index contributed by atoms with van der Waals surface area (Å²) < 4.78 is 0. The number of nitrogens with zero attached hydrogens (tertiary/aromatic N) is 2. The van der Waals surface area contributed by atoms with Crippen LogP contribution in [-0.4, -0.2) is 52.9 Å². The molecule has 0 spiro atoms. The average Bonchev–Trinajstić information content (AvgIpc) is 3.14. The molecule has 2 aliphatic heterocycles. The van der Waals surface area contributed by atoms with E-state index in [1.54, 1.807) is 6.07 Å². The minimum Gasteiger partial charge on any atom is -0.337 e. The molecule has 4 unspecified atom stereocenters. The first-order valence-electron chi connectivity index (χ1n) is 9.89. The SMILES string of the molecule is CCN1C(=O)C2CCNN2C2CCC(C(=O)Nc3ccc(Cl)cc3C)CC21. The monoisotopic (exact) mass is 390 g/mol. The molecule has 2 saturated heterocycles. The van der Waals surface area contributed by atoms with Gasteiger partial charge in [0.2, 0.25) is 11.8 Å². The summed E-state index contributed by atoms with van der Waals surface area (Å²) in [5.74, 6) is 0.166. The van der Waals surface area contributed by atoms with Crippen LogP contribution >= 0.6 is 11.6 Å². The molecule has 1 aromatic rings. The van der Waals surface area contributed by atoms with Gasteiger partial charge in [0, 0.05) is 41.8 Å². The number of fused-ring (bicyclic) bond motifs is 3. The van der Waals surface area contributed by atoms with Crippen LogP contribution in [0.2, 0.25) is 5.02 Å². The predicted molar refractivity (Wildman–Crippen MR) is 105 cm³/mol. The van der Waals surface area contributed by atoms with Gasteiger partial charge in [0.25, 0.3) is 0 Å². The normalized spacial score (nSPS) is 30.8. The van der Waals surface area contributed by atoms with Crippen molar-refractivity contribution in [1.82, 2.24) is 15.3 Å². The first kappa shape index (κ1) is 18.7. The van der Waals surface area contributed by atoms with Gasteiger partial charge < -0.3 is 10.2 Å². The molecule has 0 aromatic heterocycles. The highest BCUT2D eigenvalue weighted by Crippen LogP contribution is 2.37. The van der Waals surface area contributed by atoms with Gasteiger partial charge in [-0.05, 0) is 63.3 Å². The Morgan fingerprint density at radius 3 is 2.85 bits per heavy atom. The summed E-state index contributed by atoms with van der Waals surface area (Å²) in [6.45, 7) is 5.54. The Bertz CT molecular complexity index is 755. The molecule has 2 amide bonds. The van der Waals surface area contributed by atoms with Crippen LogP contribution in [0, 0.1) is 12.8 Å². The van der Waals surface area contributed by atoms with Gasteiger partial charge in [-0.3, -0.25) is 15.0 Å². The zero-order valence-corrected chi connectivity index (χ0v) is 16.6. The summed E-state index contributed by atoms with van der Waals surface area (Å²) in [7, 11) is 0. The Kier molecular flexibility index (Phi) is 5.14. The molecule has 1 saturated carbocycles. The van der Waals surface area contributed by atoms with Crippen molar-refractivity contribution in [3.05, 3.63) is 28.8 Å². The quantitative estimate of drug-likeness (QED) is 0.832. The molecular formula is C20H27ClN4O2. The molecule has 4 rings (SSSR count). The van der Waals surface area contributed by atoms with Crippen molar-refractivity contribution in [3.63, 3.8) is 0 Å². The van der Waals surface area contributed by atoms with Crippen molar-refractivity contribution >= 4 is 29.1 Å². The van der Waals surface area contributed by atoms with E-state index in [-0.39, 0.29) is 29.8 Å². The molecule has 146 valence electrons. The van der Waals surface area contributed by atoms with Gasteiger partial charge in [-0.1, -0.05) is 11.6 Å². The van der Waals surface area contributed by atoms with Crippen molar-refractivity contribution in [2.24, 2.45) is 5.92 Å². The number of aryl methyl sites for hydroxylation is 1. The molecule has 2 heterocycles. The number of halogens is 1. The van der Waals surface area contributed by atoms with Crippen molar-refractivity contribution in [2.45, 2.75) is 57.7 Å². The van der Waals surface area contributed by atoms with Crippen LogP contribution in [0.5, 0.6) is 0 Å². The fourth-order valence-corrected chi connectivity index (χ4v) is 5.17. The van der Waals surface area contributed by atoms with Gasteiger partial charge in [0.05, 0.1) is 0 Å².